The third-order valence-corrected chi connectivity index (χ3v) is 6.30. The van der Waals surface area contributed by atoms with Crippen LogP contribution >= 0.6 is 0 Å². The molecular weight excluding hydrogens is 392 g/mol. The third-order valence-electron chi connectivity index (χ3n) is 6.30. The van der Waals surface area contributed by atoms with Crippen LogP contribution in [0.2, 0.25) is 0 Å². The van der Waals surface area contributed by atoms with Gasteiger partial charge >= 0.3 is 0 Å². The van der Waals surface area contributed by atoms with Gasteiger partial charge in [-0.2, -0.15) is 0 Å². The molecule has 0 radical (unpaired) electrons. The van der Waals surface area contributed by atoms with Crippen LogP contribution in [-0.4, -0.2) is 24.0 Å². The van der Waals surface area contributed by atoms with Gasteiger partial charge in [0.2, 0.25) is 5.89 Å². The highest BCUT2D eigenvalue weighted by atomic mass is 16.5. The summed E-state index contributed by atoms with van der Waals surface area (Å²) in [5.41, 5.74) is 2.51. The Morgan fingerprint density at radius 1 is 1.10 bits per heavy atom. The minimum atomic E-state index is -0.172. The lowest BCUT2D eigenvalue weighted by Gasteiger charge is -2.26. The van der Waals surface area contributed by atoms with E-state index in [1.54, 1.807) is 14.0 Å². The van der Waals surface area contributed by atoms with Crippen LogP contribution in [0.15, 0.2) is 45.2 Å². The molecule has 0 unspecified atom stereocenters. The number of methoxy groups -OCH3 is 1. The maximum absolute atomic E-state index is 12.9. The predicted molar refractivity (Wildman–Crippen MR) is 119 cm³/mol. The molecule has 31 heavy (non-hydrogen) atoms. The van der Waals surface area contributed by atoms with Crippen molar-refractivity contribution in [1.82, 2.24) is 10.3 Å². The number of nitrogens with zero attached hydrogens (tertiary/aromatic N) is 1. The maximum atomic E-state index is 12.9. The maximum Gasteiger partial charge on any atom is 0.273 e. The van der Waals surface area contributed by atoms with Gasteiger partial charge in [0.05, 0.1) is 7.11 Å². The number of amides is 1. The standard InChI is InChI=1S/C25H26N2O4/c1-14-8-10-16(11-9-14)26-24(28)22-15(2)30-25(27-22)18-12-13-20(29-3)23-21(18)17-6-4-5-7-19(17)31-23/h4-7,12-14,16H,8-11H2,1-3H3,(H,26,28). The second-order valence-electron chi connectivity index (χ2n) is 8.47. The molecule has 0 spiro atoms. The molecule has 2 aromatic carbocycles. The van der Waals surface area contributed by atoms with E-state index in [1.807, 2.05) is 36.4 Å². The number of nitrogens with one attached hydrogen (secondary N) is 1. The number of hydrogen-bond donors (Lipinski definition) is 1. The molecule has 0 saturated heterocycles. The Hall–Kier alpha value is -3.28. The first-order valence-electron chi connectivity index (χ1n) is 10.8. The zero-order chi connectivity index (χ0) is 21.5. The number of ether oxygens (including phenoxy) is 1. The van der Waals surface area contributed by atoms with Crippen LogP contribution in [0.3, 0.4) is 0 Å². The molecule has 0 bridgehead atoms. The van der Waals surface area contributed by atoms with Crippen LogP contribution in [0.4, 0.5) is 0 Å². The molecule has 1 aliphatic rings. The first-order chi connectivity index (χ1) is 15.0. The minimum absolute atomic E-state index is 0.172. The fourth-order valence-corrected chi connectivity index (χ4v) is 4.52. The van der Waals surface area contributed by atoms with Gasteiger partial charge in [-0.3, -0.25) is 4.79 Å². The highest BCUT2D eigenvalue weighted by Crippen LogP contribution is 2.41. The van der Waals surface area contributed by atoms with Crippen molar-refractivity contribution in [2.45, 2.75) is 45.6 Å². The molecule has 5 rings (SSSR count). The first kappa shape index (κ1) is 19.7. The zero-order valence-corrected chi connectivity index (χ0v) is 18.0. The Kier molecular flexibility index (Phi) is 4.93. The average molecular weight is 418 g/mol. The SMILES string of the molecule is COc1ccc(-c2nc(C(=O)NC3CCC(C)CC3)c(C)o2)c2c1oc1ccccc12. The summed E-state index contributed by atoms with van der Waals surface area (Å²) in [4.78, 5) is 17.5. The van der Waals surface area contributed by atoms with Crippen molar-refractivity contribution in [2.75, 3.05) is 7.11 Å². The molecule has 2 heterocycles. The number of aryl methyl sites for hydroxylation is 1. The Morgan fingerprint density at radius 3 is 2.65 bits per heavy atom. The summed E-state index contributed by atoms with van der Waals surface area (Å²) in [6, 6.07) is 11.8. The van der Waals surface area contributed by atoms with Gasteiger partial charge in [0.1, 0.15) is 11.3 Å². The summed E-state index contributed by atoms with van der Waals surface area (Å²) in [5.74, 6) is 2.11. The van der Waals surface area contributed by atoms with Gasteiger partial charge in [0.25, 0.3) is 5.91 Å². The highest BCUT2D eigenvalue weighted by Gasteiger charge is 2.25. The quantitative estimate of drug-likeness (QED) is 0.449. The van der Waals surface area contributed by atoms with E-state index in [0.29, 0.717) is 28.7 Å². The fourth-order valence-electron chi connectivity index (χ4n) is 4.52. The lowest BCUT2D eigenvalue weighted by molar-refractivity contribution is 0.0917. The summed E-state index contributed by atoms with van der Waals surface area (Å²) in [6.45, 7) is 4.05. The van der Waals surface area contributed by atoms with Gasteiger partial charge in [0.15, 0.2) is 17.0 Å². The van der Waals surface area contributed by atoms with Gasteiger partial charge in [-0.1, -0.05) is 25.1 Å². The van der Waals surface area contributed by atoms with Crippen molar-refractivity contribution >= 4 is 27.8 Å². The van der Waals surface area contributed by atoms with E-state index in [9.17, 15) is 4.79 Å². The Morgan fingerprint density at radius 2 is 1.87 bits per heavy atom. The lowest BCUT2D eigenvalue weighted by Crippen LogP contribution is -2.37. The number of rotatable bonds is 4. The summed E-state index contributed by atoms with van der Waals surface area (Å²) in [6.07, 6.45) is 4.31. The normalized spacial score (nSPS) is 19.1. The smallest absolute Gasteiger partial charge is 0.273 e. The van der Waals surface area contributed by atoms with Crippen molar-refractivity contribution < 1.29 is 18.4 Å². The third kappa shape index (κ3) is 3.46. The van der Waals surface area contributed by atoms with Crippen LogP contribution in [0.25, 0.3) is 33.4 Å². The van der Waals surface area contributed by atoms with Gasteiger partial charge in [-0.15, -0.1) is 0 Å². The number of fused-ring (bicyclic) bond motifs is 3. The summed E-state index contributed by atoms with van der Waals surface area (Å²) < 4.78 is 17.5. The number of carbonyl (C=O) groups is 1. The Bertz CT molecular complexity index is 1260. The number of benzene rings is 2. The second kappa shape index (κ2) is 7.76. The second-order valence-corrected chi connectivity index (χ2v) is 8.47. The van der Waals surface area contributed by atoms with E-state index in [2.05, 4.69) is 17.2 Å². The van der Waals surface area contributed by atoms with Gasteiger partial charge in [0, 0.05) is 22.4 Å². The molecule has 1 fully saturated rings. The summed E-state index contributed by atoms with van der Waals surface area (Å²) in [5, 5.41) is 4.96. The van der Waals surface area contributed by atoms with Crippen LogP contribution in [0.5, 0.6) is 5.75 Å². The molecule has 1 aliphatic carbocycles. The highest BCUT2D eigenvalue weighted by molar-refractivity contribution is 6.13. The fraction of sp³-hybridized carbons (Fsp3) is 0.360. The van der Waals surface area contributed by atoms with E-state index in [0.717, 1.165) is 53.5 Å². The number of oxazole rings is 1. The van der Waals surface area contributed by atoms with Gasteiger partial charge < -0.3 is 18.9 Å². The number of hydrogen-bond acceptors (Lipinski definition) is 5. The van der Waals surface area contributed by atoms with Crippen molar-refractivity contribution in [2.24, 2.45) is 5.92 Å². The van der Waals surface area contributed by atoms with Crippen LogP contribution in [0.1, 0.15) is 48.9 Å². The monoisotopic (exact) mass is 418 g/mol. The largest absolute Gasteiger partial charge is 0.493 e. The average Bonchev–Trinajstić information content (AvgIpc) is 3.36. The molecule has 2 aromatic heterocycles. The number of carbonyl (C=O) groups excluding carboxylic acids is 1. The van der Waals surface area contributed by atoms with Crippen molar-refractivity contribution in [3.8, 4) is 17.2 Å². The first-order valence-corrected chi connectivity index (χ1v) is 10.8. The summed E-state index contributed by atoms with van der Waals surface area (Å²) in [7, 11) is 1.62. The number of aromatic nitrogens is 1. The Labute approximate surface area is 180 Å². The lowest BCUT2D eigenvalue weighted by atomic mass is 9.87. The topological polar surface area (TPSA) is 77.5 Å². The van der Waals surface area contributed by atoms with Crippen molar-refractivity contribution in [3.63, 3.8) is 0 Å². The van der Waals surface area contributed by atoms with E-state index in [-0.39, 0.29) is 11.9 Å². The van der Waals surface area contributed by atoms with Crippen molar-refractivity contribution in [1.29, 1.82) is 0 Å². The Balaban J connectivity index is 1.54. The predicted octanol–water partition coefficient (Wildman–Crippen LogP) is 5.87. The summed E-state index contributed by atoms with van der Waals surface area (Å²) >= 11 is 0. The molecule has 0 aliphatic heterocycles. The molecule has 0 atom stereocenters. The van der Waals surface area contributed by atoms with Crippen molar-refractivity contribution in [3.05, 3.63) is 47.9 Å². The molecule has 6 heteroatoms. The van der Waals surface area contributed by atoms with E-state index in [4.69, 9.17) is 13.6 Å². The molecule has 1 N–H and O–H groups in total. The number of para-hydroxylation sites is 1. The van der Waals surface area contributed by atoms with E-state index in [1.165, 1.54) is 0 Å². The van der Waals surface area contributed by atoms with Crippen LogP contribution in [-0.2, 0) is 0 Å². The molecule has 1 saturated carbocycles. The zero-order valence-electron chi connectivity index (χ0n) is 18.0. The molecule has 160 valence electrons. The molecule has 6 nitrogen and oxygen atoms in total. The van der Waals surface area contributed by atoms with Crippen LogP contribution in [0, 0.1) is 12.8 Å². The molecule has 4 aromatic rings. The van der Waals surface area contributed by atoms with Gasteiger partial charge in [-0.25, -0.2) is 4.98 Å². The molecule has 1 amide bonds. The molecular formula is C25H26N2O4. The van der Waals surface area contributed by atoms with Gasteiger partial charge in [-0.05, 0) is 56.7 Å². The van der Waals surface area contributed by atoms with Crippen LogP contribution < -0.4 is 10.1 Å². The minimum Gasteiger partial charge on any atom is -0.493 e. The van der Waals surface area contributed by atoms with E-state index >= 15 is 0 Å². The van der Waals surface area contributed by atoms with E-state index < -0.39 is 0 Å². The number of furan rings is 1.